The maximum absolute atomic E-state index is 11.5. The van der Waals surface area contributed by atoms with Crippen LogP contribution in [0.5, 0.6) is 0 Å². The van der Waals surface area contributed by atoms with Crippen LogP contribution in [0.3, 0.4) is 0 Å². The molecule has 0 atom stereocenters. The molecule has 0 aliphatic carbocycles. The molecule has 19 heavy (non-hydrogen) atoms. The Morgan fingerprint density at radius 2 is 2.16 bits per heavy atom. The Kier molecular flexibility index (Phi) is 3.46. The van der Waals surface area contributed by atoms with Gasteiger partial charge in [0.2, 0.25) is 0 Å². The molecule has 0 saturated heterocycles. The first-order valence-electron chi connectivity index (χ1n) is 5.84. The van der Waals surface area contributed by atoms with E-state index in [1.54, 1.807) is 17.7 Å². The van der Waals surface area contributed by atoms with Gasteiger partial charge >= 0.3 is 5.97 Å². The van der Waals surface area contributed by atoms with Gasteiger partial charge < -0.3 is 9.67 Å². The molecule has 0 spiro atoms. The summed E-state index contributed by atoms with van der Waals surface area (Å²) in [6.07, 6.45) is 3.06. The van der Waals surface area contributed by atoms with E-state index in [1.807, 2.05) is 19.1 Å². The monoisotopic (exact) mass is 258 g/mol. The molecular formula is C14H14N2O3. The van der Waals surface area contributed by atoms with E-state index >= 15 is 0 Å². The van der Waals surface area contributed by atoms with Gasteiger partial charge in [0.25, 0.3) is 0 Å². The molecule has 5 nitrogen and oxygen atoms in total. The molecule has 2 heterocycles. The van der Waals surface area contributed by atoms with Gasteiger partial charge in [-0.25, -0.2) is 4.79 Å². The number of aryl methyl sites for hydroxylation is 2. The molecule has 5 heteroatoms. The highest BCUT2D eigenvalue weighted by atomic mass is 16.4. The zero-order valence-corrected chi connectivity index (χ0v) is 10.8. The van der Waals surface area contributed by atoms with Crippen LogP contribution in [0.15, 0.2) is 35.4 Å². The van der Waals surface area contributed by atoms with E-state index in [2.05, 4.69) is 4.98 Å². The Labute approximate surface area is 110 Å². The Balaban J connectivity index is 2.46. The van der Waals surface area contributed by atoms with Gasteiger partial charge in [0, 0.05) is 24.2 Å². The van der Waals surface area contributed by atoms with Crippen LogP contribution in [0.4, 0.5) is 0 Å². The number of carbonyl (C=O) groups is 1. The van der Waals surface area contributed by atoms with Gasteiger partial charge in [0.05, 0.1) is 12.2 Å². The normalized spacial score (nSPS) is 10.4. The summed E-state index contributed by atoms with van der Waals surface area (Å²) in [5, 5.41) is 8.97. The average molecular weight is 258 g/mol. The second-order valence-electron chi connectivity index (χ2n) is 4.39. The molecule has 0 fully saturated rings. The summed E-state index contributed by atoms with van der Waals surface area (Å²) < 4.78 is 1.72. The van der Waals surface area contributed by atoms with Crippen molar-refractivity contribution in [3.63, 3.8) is 0 Å². The lowest BCUT2D eigenvalue weighted by atomic mass is 10.2. The van der Waals surface area contributed by atoms with Gasteiger partial charge in [-0.2, -0.15) is 0 Å². The second kappa shape index (κ2) is 5.06. The molecular weight excluding hydrogens is 244 g/mol. The summed E-state index contributed by atoms with van der Waals surface area (Å²) in [6.45, 7) is 4.16. The van der Waals surface area contributed by atoms with E-state index in [-0.39, 0.29) is 5.56 Å². The molecule has 0 amide bonds. The predicted molar refractivity (Wildman–Crippen MR) is 70.5 cm³/mol. The Bertz CT molecular complexity index is 689. The van der Waals surface area contributed by atoms with E-state index in [1.165, 1.54) is 12.3 Å². The number of hydrogen-bond donors (Lipinski definition) is 1. The average Bonchev–Trinajstić information content (AvgIpc) is 2.34. The zero-order chi connectivity index (χ0) is 14.0. The third-order valence-electron chi connectivity index (χ3n) is 3.01. The Hall–Kier alpha value is -2.43. The standard InChI is InChI=1S/C14H14N2O3/c1-9-4-3-5-15-12(9)8-16-7-11(14(18)19)13(17)6-10(16)2/h3-7H,8H2,1-2H3,(H,18,19). The van der Waals surface area contributed by atoms with Crippen LogP contribution in [-0.4, -0.2) is 20.6 Å². The highest BCUT2D eigenvalue weighted by molar-refractivity contribution is 5.87. The predicted octanol–water partition coefficient (Wildman–Crippen LogP) is 1.61. The fourth-order valence-corrected chi connectivity index (χ4v) is 1.85. The summed E-state index contributed by atoms with van der Waals surface area (Å²) in [7, 11) is 0. The van der Waals surface area contributed by atoms with E-state index < -0.39 is 11.4 Å². The van der Waals surface area contributed by atoms with Crippen molar-refractivity contribution in [1.29, 1.82) is 0 Å². The van der Waals surface area contributed by atoms with E-state index in [4.69, 9.17) is 5.11 Å². The van der Waals surface area contributed by atoms with Gasteiger partial charge in [-0.1, -0.05) is 6.07 Å². The third-order valence-corrected chi connectivity index (χ3v) is 3.01. The second-order valence-corrected chi connectivity index (χ2v) is 4.39. The lowest BCUT2D eigenvalue weighted by Crippen LogP contribution is -2.19. The number of pyridine rings is 2. The number of nitrogens with zero attached hydrogens (tertiary/aromatic N) is 2. The van der Waals surface area contributed by atoms with Crippen LogP contribution in [0, 0.1) is 13.8 Å². The number of aromatic nitrogens is 2. The third kappa shape index (κ3) is 2.70. The van der Waals surface area contributed by atoms with Crippen molar-refractivity contribution in [2.45, 2.75) is 20.4 Å². The molecule has 98 valence electrons. The number of aromatic carboxylic acids is 1. The summed E-state index contributed by atoms with van der Waals surface area (Å²) in [5.74, 6) is -1.21. The van der Waals surface area contributed by atoms with Crippen LogP contribution in [0.1, 0.15) is 27.3 Å². The Morgan fingerprint density at radius 1 is 1.42 bits per heavy atom. The highest BCUT2D eigenvalue weighted by Gasteiger charge is 2.11. The fourth-order valence-electron chi connectivity index (χ4n) is 1.85. The molecule has 1 N–H and O–H groups in total. The molecule has 0 saturated carbocycles. The molecule has 2 aromatic rings. The molecule has 0 radical (unpaired) electrons. The van der Waals surface area contributed by atoms with Gasteiger partial charge in [-0.3, -0.25) is 9.78 Å². The number of carboxylic acid groups (broad SMARTS) is 1. The van der Waals surface area contributed by atoms with Gasteiger partial charge in [0.1, 0.15) is 5.56 Å². The van der Waals surface area contributed by atoms with Crippen molar-refractivity contribution in [3.8, 4) is 0 Å². The van der Waals surface area contributed by atoms with Crippen LogP contribution in [-0.2, 0) is 6.54 Å². The van der Waals surface area contributed by atoms with Gasteiger partial charge in [-0.05, 0) is 25.5 Å². The summed E-state index contributed by atoms with van der Waals surface area (Å²) in [5.41, 5.74) is 1.89. The first-order chi connectivity index (χ1) is 8.99. The number of rotatable bonds is 3. The largest absolute Gasteiger partial charge is 0.477 e. The molecule has 0 unspecified atom stereocenters. The van der Waals surface area contributed by atoms with Crippen LogP contribution in [0.25, 0.3) is 0 Å². The maximum atomic E-state index is 11.5. The quantitative estimate of drug-likeness (QED) is 0.907. The molecule has 2 aromatic heterocycles. The van der Waals surface area contributed by atoms with Crippen LogP contribution in [0.2, 0.25) is 0 Å². The summed E-state index contributed by atoms with van der Waals surface area (Å²) in [4.78, 5) is 26.8. The van der Waals surface area contributed by atoms with Crippen molar-refractivity contribution in [3.05, 3.63) is 63.3 Å². The SMILES string of the molecule is Cc1cccnc1Cn1cc(C(=O)O)c(=O)cc1C. The van der Waals surface area contributed by atoms with Crippen molar-refractivity contribution < 1.29 is 9.90 Å². The van der Waals surface area contributed by atoms with E-state index in [0.29, 0.717) is 12.2 Å². The minimum Gasteiger partial charge on any atom is -0.477 e. The van der Waals surface area contributed by atoms with E-state index in [9.17, 15) is 9.59 Å². The summed E-state index contributed by atoms with van der Waals surface area (Å²) in [6, 6.07) is 5.12. The van der Waals surface area contributed by atoms with Crippen molar-refractivity contribution in [2.24, 2.45) is 0 Å². The van der Waals surface area contributed by atoms with Crippen molar-refractivity contribution in [1.82, 2.24) is 9.55 Å². The number of hydrogen-bond acceptors (Lipinski definition) is 3. The molecule has 0 aliphatic rings. The Morgan fingerprint density at radius 3 is 2.79 bits per heavy atom. The highest BCUT2D eigenvalue weighted by Crippen LogP contribution is 2.08. The van der Waals surface area contributed by atoms with E-state index in [0.717, 1.165) is 11.3 Å². The molecule has 0 bridgehead atoms. The van der Waals surface area contributed by atoms with Crippen LogP contribution < -0.4 is 5.43 Å². The smallest absolute Gasteiger partial charge is 0.341 e. The molecule has 0 aliphatic heterocycles. The minimum atomic E-state index is -1.21. The van der Waals surface area contributed by atoms with Crippen molar-refractivity contribution in [2.75, 3.05) is 0 Å². The van der Waals surface area contributed by atoms with Gasteiger partial charge in [0.15, 0.2) is 5.43 Å². The lowest BCUT2D eigenvalue weighted by Gasteiger charge is -2.12. The zero-order valence-electron chi connectivity index (χ0n) is 10.8. The first kappa shape index (κ1) is 13.0. The van der Waals surface area contributed by atoms with Crippen molar-refractivity contribution >= 4 is 5.97 Å². The minimum absolute atomic E-state index is 0.223. The topological polar surface area (TPSA) is 72.2 Å². The summed E-state index contributed by atoms with van der Waals surface area (Å²) >= 11 is 0. The first-order valence-corrected chi connectivity index (χ1v) is 5.84. The number of carboxylic acids is 1. The van der Waals surface area contributed by atoms with Gasteiger partial charge in [-0.15, -0.1) is 0 Å². The fraction of sp³-hybridized carbons (Fsp3) is 0.214. The molecule has 2 rings (SSSR count). The maximum Gasteiger partial charge on any atom is 0.341 e. The lowest BCUT2D eigenvalue weighted by molar-refractivity contribution is 0.0694. The molecule has 0 aromatic carbocycles. The van der Waals surface area contributed by atoms with Crippen LogP contribution >= 0.6 is 0 Å².